The van der Waals surface area contributed by atoms with Gasteiger partial charge in [-0.15, -0.1) is 11.3 Å². The second kappa shape index (κ2) is 9.07. The summed E-state index contributed by atoms with van der Waals surface area (Å²) in [4.78, 5) is 17.0. The summed E-state index contributed by atoms with van der Waals surface area (Å²) in [7, 11) is 0. The standard InChI is InChI=1S/C22H19N3O3S/c26-21(19-10-4-5-11-20(19)23-13-18-9-6-12-27-18)28-14-17-15-29-22(25-17)24-16-7-2-1-3-8-16/h1-12,15,23H,13-14H2,(H,24,25). The van der Waals surface area contributed by atoms with E-state index in [-0.39, 0.29) is 6.61 Å². The third-order valence-corrected chi connectivity index (χ3v) is 4.91. The van der Waals surface area contributed by atoms with Gasteiger partial charge in [0.2, 0.25) is 0 Å². The number of esters is 1. The summed E-state index contributed by atoms with van der Waals surface area (Å²) in [6, 6.07) is 20.7. The topological polar surface area (TPSA) is 76.4 Å². The maximum Gasteiger partial charge on any atom is 0.340 e. The number of nitrogens with one attached hydrogen (secondary N) is 2. The van der Waals surface area contributed by atoms with E-state index in [1.807, 2.05) is 60.0 Å². The Morgan fingerprint density at radius 1 is 1.03 bits per heavy atom. The third-order valence-electron chi connectivity index (χ3n) is 4.11. The van der Waals surface area contributed by atoms with E-state index < -0.39 is 5.97 Å². The molecule has 0 unspecified atom stereocenters. The second-order valence-corrected chi connectivity index (χ2v) is 7.05. The quantitative estimate of drug-likeness (QED) is 0.380. The van der Waals surface area contributed by atoms with Crippen LogP contribution in [-0.4, -0.2) is 11.0 Å². The fourth-order valence-corrected chi connectivity index (χ4v) is 3.42. The first-order chi connectivity index (χ1) is 14.3. The molecular formula is C22H19N3O3S. The highest BCUT2D eigenvalue weighted by Crippen LogP contribution is 2.22. The molecular weight excluding hydrogens is 386 g/mol. The molecule has 0 aliphatic carbocycles. The minimum atomic E-state index is -0.405. The summed E-state index contributed by atoms with van der Waals surface area (Å²) in [5.41, 5.74) is 2.82. The molecule has 0 saturated carbocycles. The zero-order valence-corrected chi connectivity index (χ0v) is 16.3. The number of rotatable bonds is 8. The number of anilines is 3. The van der Waals surface area contributed by atoms with E-state index in [1.165, 1.54) is 11.3 Å². The minimum absolute atomic E-state index is 0.109. The van der Waals surface area contributed by atoms with E-state index in [0.29, 0.717) is 23.5 Å². The molecule has 4 aromatic rings. The maximum atomic E-state index is 12.6. The Labute approximate surface area is 172 Å². The summed E-state index contributed by atoms with van der Waals surface area (Å²) in [5, 5.41) is 9.07. The van der Waals surface area contributed by atoms with Crippen molar-refractivity contribution in [2.75, 3.05) is 10.6 Å². The molecule has 0 aliphatic heterocycles. The number of furan rings is 1. The van der Waals surface area contributed by atoms with E-state index in [0.717, 1.165) is 16.6 Å². The van der Waals surface area contributed by atoms with E-state index in [1.54, 1.807) is 18.4 Å². The van der Waals surface area contributed by atoms with Gasteiger partial charge in [0.05, 0.1) is 24.1 Å². The van der Waals surface area contributed by atoms with Crippen molar-refractivity contribution >= 4 is 33.8 Å². The molecule has 0 aliphatic rings. The summed E-state index contributed by atoms with van der Waals surface area (Å²) in [6.07, 6.45) is 1.62. The van der Waals surface area contributed by atoms with E-state index >= 15 is 0 Å². The van der Waals surface area contributed by atoms with Crippen molar-refractivity contribution < 1.29 is 13.9 Å². The lowest BCUT2D eigenvalue weighted by Gasteiger charge is -2.10. The van der Waals surface area contributed by atoms with Crippen LogP contribution in [-0.2, 0) is 17.9 Å². The molecule has 4 rings (SSSR count). The number of hydrogen-bond acceptors (Lipinski definition) is 7. The maximum absolute atomic E-state index is 12.6. The van der Waals surface area contributed by atoms with E-state index in [4.69, 9.17) is 9.15 Å². The number of aromatic nitrogens is 1. The van der Waals surface area contributed by atoms with Crippen LogP contribution in [0, 0.1) is 0 Å². The first kappa shape index (κ1) is 18.8. The van der Waals surface area contributed by atoms with Crippen molar-refractivity contribution in [3.63, 3.8) is 0 Å². The molecule has 146 valence electrons. The highest BCUT2D eigenvalue weighted by molar-refractivity contribution is 7.13. The molecule has 0 atom stereocenters. The van der Waals surface area contributed by atoms with Crippen molar-refractivity contribution in [3.8, 4) is 0 Å². The number of carbonyl (C=O) groups excluding carboxylic acids is 1. The van der Waals surface area contributed by atoms with Crippen LogP contribution in [0.1, 0.15) is 21.8 Å². The number of ether oxygens (including phenoxy) is 1. The van der Waals surface area contributed by atoms with Crippen LogP contribution < -0.4 is 10.6 Å². The molecule has 2 N–H and O–H groups in total. The van der Waals surface area contributed by atoms with Gasteiger partial charge in [0.15, 0.2) is 5.13 Å². The first-order valence-corrected chi connectivity index (χ1v) is 9.95. The van der Waals surface area contributed by atoms with Gasteiger partial charge in [-0.05, 0) is 36.4 Å². The number of carbonyl (C=O) groups is 1. The van der Waals surface area contributed by atoms with Gasteiger partial charge in [-0.2, -0.15) is 0 Å². The fraction of sp³-hybridized carbons (Fsp3) is 0.0909. The fourth-order valence-electron chi connectivity index (χ4n) is 2.70. The summed E-state index contributed by atoms with van der Waals surface area (Å²) < 4.78 is 10.8. The largest absolute Gasteiger partial charge is 0.467 e. The van der Waals surface area contributed by atoms with Gasteiger partial charge in [-0.25, -0.2) is 9.78 Å². The Balaban J connectivity index is 1.35. The van der Waals surface area contributed by atoms with Crippen molar-refractivity contribution in [2.45, 2.75) is 13.2 Å². The molecule has 2 heterocycles. The number of para-hydroxylation sites is 2. The first-order valence-electron chi connectivity index (χ1n) is 9.07. The summed E-state index contributed by atoms with van der Waals surface area (Å²) in [6.45, 7) is 0.593. The van der Waals surface area contributed by atoms with Crippen molar-refractivity contribution in [2.24, 2.45) is 0 Å². The highest BCUT2D eigenvalue weighted by atomic mass is 32.1. The van der Waals surface area contributed by atoms with E-state index in [2.05, 4.69) is 15.6 Å². The Hall–Kier alpha value is -3.58. The number of benzene rings is 2. The van der Waals surface area contributed by atoms with Gasteiger partial charge >= 0.3 is 5.97 Å². The van der Waals surface area contributed by atoms with Crippen molar-refractivity contribution in [1.82, 2.24) is 4.98 Å². The predicted molar refractivity (Wildman–Crippen MR) is 113 cm³/mol. The van der Waals surface area contributed by atoms with Crippen molar-refractivity contribution in [1.29, 1.82) is 0 Å². The Morgan fingerprint density at radius 3 is 2.69 bits per heavy atom. The van der Waals surface area contributed by atoms with Gasteiger partial charge in [-0.1, -0.05) is 30.3 Å². The lowest BCUT2D eigenvalue weighted by molar-refractivity contribution is 0.0469. The third kappa shape index (κ3) is 5.03. The van der Waals surface area contributed by atoms with Gasteiger partial charge in [0, 0.05) is 16.8 Å². The lowest BCUT2D eigenvalue weighted by atomic mass is 10.2. The Bertz CT molecular complexity index is 1060. The molecule has 6 nitrogen and oxygen atoms in total. The molecule has 0 radical (unpaired) electrons. The average Bonchev–Trinajstić information content (AvgIpc) is 3.43. The lowest BCUT2D eigenvalue weighted by Crippen LogP contribution is -2.10. The van der Waals surface area contributed by atoms with Crippen LogP contribution in [0.15, 0.2) is 82.8 Å². The molecule has 0 spiro atoms. The Morgan fingerprint density at radius 2 is 1.86 bits per heavy atom. The van der Waals surface area contributed by atoms with Crippen LogP contribution in [0.25, 0.3) is 0 Å². The number of thiazole rings is 1. The predicted octanol–water partition coefficient (Wildman–Crippen LogP) is 5.45. The Kier molecular flexibility index (Phi) is 5.87. The molecule has 0 fully saturated rings. The van der Waals surface area contributed by atoms with Crippen LogP contribution in [0.5, 0.6) is 0 Å². The number of nitrogens with zero attached hydrogens (tertiary/aromatic N) is 1. The van der Waals surface area contributed by atoms with Crippen LogP contribution in [0.3, 0.4) is 0 Å². The van der Waals surface area contributed by atoms with E-state index in [9.17, 15) is 4.79 Å². The molecule has 0 amide bonds. The molecule has 29 heavy (non-hydrogen) atoms. The molecule has 0 bridgehead atoms. The molecule has 2 aromatic carbocycles. The van der Waals surface area contributed by atoms with Crippen molar-refractivity contribution in [3.05, 3.63) is 95.4 Å². The SMILES string of the molecule is O=C(OCc1csc(Nc2ccccc2)n1)c1ccccc1NCc1ccco1. The number of hydrogen-bond donors (Lipinski definition) is 2. The molecule has 0 saturated heterocycles. The zero-order chi connectivity index (χ0) is 19.9. The summed E-state index contributed by atoms with van der Waals surface area (Å²) >= 11 is 1.47. The van der Waals surface area contributed by atoms with Gasteiger partial charge < -0.3 is 19.8 Å². The highest BCUT2D eigenvalue weighted by Gasteiger charge is 2.14. The minimum Gasteiger partial charge on any atom is -0.467 e. The van der Waals surface area contributed by atoms with Crippen LogP contribution in [0.2, 0.25) is 0 Å². The average molecular weight is 405 g/mol. The smallest absolute Gasteiger partial charge is 0.340 e. The summed E-state index contributed by atoms with van der Waals surface area (Å²) in [5.74, 6) is 0.382. The van der Waals surface area contributed by atoms with Crippen LogP contribution >= 0.6 is 11.3 Å². The van der Waals surface area contributed by atoms with Gasteiger partial charge in [0.25, 0.3) is 0 Å². The monoisotopic (exact) mass is 405 g/mol. The normalized spacial score (nSPS) is 10.5. The molecule has 7 heteroatoms. The van der Waals surface area contributed by atoms with Crippen LogP contribution in [0.4, 0.5) is 16.5 Å². The zero-order valence-electron chi connectivity index (χ0n) is 15.5. The van der Waals surface area contributed by atoms with Gasteiger partial charge in [-0.3, -0.25) is 0 Å². The molecule has 2 aromatic heterocycles. The second-order valence-electron chi connectivity index (χ2n) is 6.19. The van der Waals surface area contributed by atoms with Gasteiger partial charge in [0.1, 0.15) is 12.4 Å².